The number of hydrogen-bond donors (Lipinski definition) is 0. The highest BCUT2D eigenvalue weighted by atomic mass is 19.1. The van der Waals surface area contributed by atoms with Gasteiger partial charge in [0.15, 0.2) is 0 Å². The van der Waals surface area contributed by atoms with Crippen LogP contribution in [0.1, 0.15) is 25.0 Å². The number of carbonyl (C=O) groups is 1. The molecule has 1 aromatic rings. The van der Waals surface area contributed by atoms with Crippen molar-refractivity contribution >= 4 is 11.6 Å². The van der Waals surface area contributed by atoms with Gasteiger partial charge in [0.2, 0.25) is 5.91 Å². The summed E-state index contributed by atoms with van der Waals surface area (Å²) in [5, 5.41) is 8.92. The number of piperazine rings is 1. The average molecular weight is 289 g/mol. The minimum atomic E-state index is -0.374. The normalized spacial score (nSPS) is 15.2. The molecule has 1 aromatic carbocycles. The number of amides is 1. The maximum absolute atomic E-state index is 14.1. The monoisotopic (exact) mass is 289 g/mol. The van der Waals surface area contributed by atoms with E-state index >= 15 is 0 Å². The van der Waals surface area contributed by atoms with Crippen LogP contribution in [0.15, 0.2) is 12.1 Å². The van der Waals surface area contributed by atoms with Crippen molar-refractivity contribution in [1.29, 1.82) is 5.26 Å². The zero-order chi connectivity index (χ0) is 15.6. The van der Waals surface area contributed by atoms with Gasteiger partial charge in [0.05, 0.1) is 17.3 Å². The first-order valence-corrected chi connectivity index (χ1v) is 7.18. The predicted octanol–water partition coefficient (Wildman–Crippen LogP) is 2.31. The van der Waals surface area contributed by atoms with Crippen molar-refractivity contribution in [2.75, 3.05) is 31.1 Å². The summed E-state index contributed by atoms with van der Waals surface area (Å²) in [6.07, 6.45) is 0. The summed E-state index contributed by atoms with van der Waals surface area (Å²) in [6.45, 7) is 8.02. The first-order valence-electron chi connectivity index (χ1n) is 7.18. The Morgan fingerprint density at radius 3 is 2.43 bits per heavy atom. The fourth-order valence-corrected chi connectivity index (χ4v) is 2.56. The van der Waals surface area contributed by atoms with E-state index in [1.54, 1.807) is 13.0 Å². The zero-order valence-corrected chi connectivity index (χ0v) is 12.7. The Bertz CT molecular complexity index is 584. The summed E-state index contributed by atoms with van der Waals surface area (Å²) in [5.74, 6) is -0.239. The lowest BCUT2D eigenvalue weighted by Gasteiger charge is -2.37. The highest BCUT2D eigenvalue weighted by molar-refractivity contribution is 5.78. The molecule has 0 atom stereocenters. The van der Waals surface area contributed by atoms with Gasteiger partial charge in [-0.2, -0.15) is 5.26 Å². The van der Waals surface area contributed by atoms with Gasteiger partial charge < -0.3 is 9.80 Å². The second-order valence-corrected chi connectivity index (χ2v) is 5.70. The molecular weight excluding hydrogens is 269 g/mol. The van der Waals surface area contributed by atoms with Crippen molar-refractivity contribution in [3.63, 3.8) is 0 Å². The standard InChI is InChI=1S/C16H20FN3O/c1-11(2)16(21)20-6-4-19(5-7-20)15-8-12(3)13(10-18)9-14(15)17/h8-9,11H,4-7H2,1-3H3. The molecule has 112 valence electrons. The quantitative estimate of drug-likeness (QED) is 0.839. The lowest BCUT2D eigenvalue weighted by Crippen LogP contribution is -2.50. The summed E-state index contributed by atoms with van der Waals surface area (Å²) in [6, 6.07) is 4.99. The van der Waals surface area contributed by atoms with Gasteiger partial charge in [-0.05, 0) is 24.6 Å². The van der Waals surface area contributed by atoms with Crippen LogP contribution in [-0.2, 0) is 4.79 Å². The summed E-state index contributed by atoms with van der Waals surface area (Å²) in [7, 11) is 0. The summed E-state index contributed by atoms with van der Waals surface area (Å²) < 4.78 is 14.1. The molecule has 0 aromatic heterocycles. The first kappa shape index (κ1) is 15.3. The maximum atomic E-state index is 14.1. The third kappa shape index (κ3) is 3.15. The van der Waals surface area contributed by atoms with Gasteiger partial charge in [0, 0.05) is 32.1 Å². The number of aryl methyl sites for hydroxylation is 1. The molecule has 0 spiro atoms. The number of hydrogen-bond acceptors (Lipinski definition) is 3. The summed E-state index contributed by atoms with van der Waals surface area (Å²) in [4.78, 5) is 15.7. The summed E-state index contributed by atoms with van der Waals surface area (Å²) >= 11 is 0. The Kier molecular flexibility index (Phi) is 4.46. The van der Waals surface area contributed by atoms with Crippen molar-refractivity contribution in [2.24, 2.45) is 5.92 Å². The lowest BCUT2D eigenvalue weighted by atomic mass is 10.1. The molecule has 0 aliphatic carbocycles. The van der Waals surface area contributed by atoms with Crippen molar-refractivity contribution in [3.05, 3.63) is 29.1 Å². The Morgan fingerprint density at radius 1 is 1.29 bits per heavy atom. The fourth-order valence-electron chi connectivity index (χ4n) is 2.56. The van der Waals surface area contributed by atoms with Crippen LogP contribution in [0.5, 0.6) is 0 Å². The molecule has 1 fully saturated rings. The highest BCUT2D eigenvalue weighted by Gasteiger charge is 2.24. The molecule has 0 bridgehead atoms. The van der Waals surface area contributed by atoms with Crippen LogP contribution in [0, 0.1) is 30.0 Å². The van der Waals surface area contributed by atoms with E-state index in [-0.39, 0.29) is 17.6 Å². The molecule has 1 aliphatic rings. The van der Waals surface area contributed by atoms with Gasteiger partial charge in [0.1, 0.15) is 5.82 Å². The number of nitriles is 1. The molecule has 1 aliphatic heterocycles. The van der Waals surface area contributed by atoms with Crippen LogP contribution in [0.25, 0.3) is 0 Å². The van der Waals surface area contributed by atoms with E-state index in [1.807, 2.05) is 29.7 Å². The Labute approximate surface area is 124 Å². The molecule has 0 N–H and O–H groups in total. The van der Waals surface area contributed by atoms with Crippen LogP contribution in [0.3, 0.4) is 0 Å². The molecule has 1 heterocycles. The number of halogens is 1. The highest BCUT2D eigenvalue weighted by Crippen LogP contribution is 2.24. The minimum absolute atomic E-state index is 0.00885. The zero-order valence-electron chi connectivity index (χ0n) is 12.7. The SMILES string of the molecule is Cc1cc(N2CCN(C(=O)C(C)C)CC2)c(F)cc1C#N. The second kappa shape index (κ2) is 6.13. The van der Waals surface area contributed by atoms with E-state index in [2.05, 4.69) is 0 Å². The van der Waals surface area contributed by atoms with Crippen molar-refractivity contribution < 1.29 is 9.18 Å². The topological polar surface area (TPSA) is 47.3 Å². The van der Waals surface area contributed by atoms with E-state index in [0.29, 0.717) is 37.4 Å². The van der Waals surface area contributed by atoms with Crippen LogP contribution in [0.4, 0.5) is 10.1 Å². The third-order valence-corrected chi connectivity index (χ3v) is 3.84. The number of rotatable bonds is 2. The maximum Gasteiger partial charge on any atom is 0.225 e. The Hall–Kier alpha value is -2.09. The van der Waals surface area contributed by atoms with E-state index in [0.717, 1.165) is 5.56 Å². The Balaban J connectivity index is 2.11. The van der Waals surface area contributed by atoms with Crippen LogP contribution in [0.2, 0.25) is 0 Å². The van der Waals surface area contributed by atoms with Gasteiger partial charge in [-0.1, -0.05) is 13.8 Å². The van der Waals surface area contributed by atoms with Gasteiger partial charge in [0.25, 0.3) is 0 Å². The van der Waals surface area contributed by atoms with Crippen LogP contribution >= 0.6 is 0 Å². The smallest absolute Gasteiger partial charge is 0.225 e. The van der Waals surface area contributed by atoms with Gasteiger partial charge in [-0.3, -0.25) is 4.79 Å². The first-order chi connectivity index (χ1) is 9.93. The van der Waals surface area contributed by atoms with Crippen LogP contribution < -0.4 is 4.90 Å². The molecule has 1 saturated heterocycles. The van der Waals surface area contributed by atoms with Gasteiger partial charge in [-0.15, -0.1) is 0 Å². The number of carbonyl (C=O) groups excluding carboxylic acids is 1. The van der Waals surface area contributed by atoms with Crippen molar-refractivity contribution in [2.45, 2.75) is 20.8 Å². The van der Waals surface area contributed by atoms with Gasteiger partial charge in [-0.25, -0.2) is 4.39 Å². The molecule has 21 heavy (non-hydrogen) atoms. The molecule has 0 saturated carbocycles. The fraction of sp³-hybridized carbons (Fsp3) is 0.500. The van der Waals surface area contributed by atoms with Crippen LogP contribution in [-0.4, -0.2) is 37.0 Å². The molecule has 5 heteroatoms. The van der Waals surface area contributed by atoms with E-state index in [1.165, 1.54) is 6.07 Å². The minimum Gasteiger partial charge on any atom is -0.366 e. The second-order valence-electron chi connectivity index (χ2n) is 5.70. The van der Waals surface area contributed by atoms with Crippen molar-refractivity contribution in [1.82, 2.24) is 4.90 Å². The lowest BCUT2D eigenvalue weighted by molar-refractivity contribution is -0.134. The molecule has 1 amide bonds. The predicted molar refractivity (Wildman–Crippen MR) is 79.5 cm³/mol. The molecule has 2 rings (SSSR count). The summed E-state index contributed by atoms with van der Waals surface area (Å²) in [5.41, 5.74) is 1.66. The van der Waals surface area contributed by atoms with E-state index < -0.39 is 0 Å². The van der Waals surface area contributed by atoms with E-state index in [9.17, 15) is 9.18 Å². The molecular formula is C16H20FN3O. The number of benzene rings is 1. The molecule has 4 nitrogen and oxygen atoms in total. The molecule has 0 unspecified atom stereocenters. The third-order valence-electron chi connectivity index (χ3n) is 3.84. The van der Waals surface area contributed by atoms with Gasteiger partial charge >= 0.3 is 0 Å². The molecule has 0 radical (unpaired) electrons. The Morgan fingerprint density at radius 2 is 1.90 bits per heavy atom. The van der Waals surface area contributed by atoms with E-state index in [4.69, 9.17) is 5.26 Å². The average Bonchev–Trinajstić information content (AvgIpc) is 2.48. The van der Waals surface area contributed by atoms with Crippen molar-refractivity contribution in [3.8, 4) is 6.07 Å². The largest absolute Gasteiger partial charge is 0.366 e. The number of nitrogens with zero attached hydrogens (tertiary/aromatic N) is 3. The number of anilines is 1.